The van der Waals surface area contributed by atoms with Gasteiger partial charge in [0.05, 0.1) is 4.91 Å². The van der Waals surface area contributed by atoms with Crippen molar-refractivity contribution in [2.45, 2.75) is 0 Å². The Kier molecular flexibility index (Phi) is 7.09. The average molecular weight is 445 g/mol. The van der Waals surface area contributed by atoms with Crippen molar-refractivity contribution >= 4 is 63.5 Å². The number of carbonyl (C=O) groups is 2. The fourth-order valence-corrected chi connectivity index (χ4v) is 4.01. The maximum Gasteiger partial charge on any atom is 0.266 e. The summed E-state index contributed by atoms with van der Waals surface area (Å²) in [6, 6.07) is 14.0. The van der Waals surface area contributed by atoms with Crippen molar-refractivity contribution in [3.63, 3.8) is 0 Å². The average Bonchev–Trinajstić information content (AvgIpc) is 2.94. The molecule has 5 nitrogen and oxygen atoms in total. The highest BCUT2D eigenvalue weighted by molar-refractivity contribution is 8.26. The molecular formula is C21H17ClN2O3S2. The predicted molar refractivity (Wildman–Crippen MR) is 122 cm³/mol. The molecule has 0 saturated carbocycles. The van der Waals surface area contributed by atoms with Crippen LogP contribution in [0.5, 0.6) is 5.75 Å². The van der Waals surface area contributed by atoms with E-state index in [1.807, 2.05) is 6.07 Å². The Morgan fingerprint density at radius 2 is 2.07 bits per heavy atom. The maximum absolute atomic E-state index is 12.4. The lowest BCUT2D eigenvalue weighted by Gasteiger charge is -2.10. The van der Waals surface area contributed by atoms with Gasteiger partial charge in [-0.25, -0.2) is 0 Å². The molecule has 29 heavy (non-hydrogen) atoms. The zero-order valence-electron chi connectivity index (χ0n) is 15.3. The van der Waals surface area contributed by atoms with E-state index in [2.05, 4.69) is 11.9 Å². The van der Waals surface area contributed by atoms with Gasteiger partial charge in [-0.3, -0.25) is 14.5 Å². The summed E-state index contributed by atoms with van der Waals surface area (Å²) < 4.78 is 6.07. The van der Waals surface area contributed by atoms with E-state index in [0.717, 1.165) is 5.56 Å². The first-order valence-electron chi connectivity index (χ1n) is 8.61. The lowest BCUT2D eigenvalue weighted by molar-refractivity contribution is -0.121. The van der Waals surface area contributed by atoms with Gasteiger partial charge in [0.1, 0.15) is 10.1 Å². The molecule has 1 fully saturated rings. The summed E-state index contributed by atoms with van der Waals surface area (Å²) in [7, 11) is 0. The van der Waals surface area contributed by atoms with Gasteiger partial charge in [-0.05, 0) is 42.0 Å². The molecule has 1 aliphatic heterocycles. The van der Waals surface area contributed by atoms with Crippen molar-refractivity contribution < 1.29 is 14.3 Å². The molecule has 2 aromatic carbocycles. The molecule has 0 atom stereocenters. The van der Waals surface area contributed by atoms with Crippen LogP contribution in [0.25, 0.3) is 6.08 Å². The summed E-state index contributed by atoms with van der Waals surface area (Å²) in [5.41, 5.74) is 1.37. The summed E-state index contributed by atoms with van der Waals surface area (Å²) in [6.07, 6.45) is 3.39. The van der Waals surface area contributed by atoms with Crippen molar-refractivity contribution in [2.75, 3.05) is 18.5 Å². The Hall–Kier alpha value is -2.61. The highest BCUT2D eigenvalue weighted by Gasteiger charge is 2.30. The Morgan fingerprint density at radius 3 is 2.83 bits per heavy atom. The number of thiocarbonyl (C=S) groups is 1. The van der Waals surface area contributed by atoms with Crippen LogP contribution < -0.4 is 10.1 Å². The van der Waals surface area contributed by atoms with Gasteiger partial charge >= 0.3 is 0 Å². The fraction of sp³-hybridized carbons (Fsp3) is 0.0952. The summed E-state index contributed by atoms with van der Waals surface area (Å²) >= 11 is 12.4. The van der Waals surface area contributed by atoms with Crippen molar-refractivity contribution in [1.29, 1.82) is 0 Å². The first kappa shape index (κ1) is 21.1. The third-order valence-corrected chi connectivity index (χ3v) is 5.43. The Labute approximate surface area is 183 Å². The van der Waals surface area contributed by atoms with Gasteiger partial charge in [0, 0.05) is 17.3 Å². The monoisotopic (exact) mass is 444 g/mol. The van der Waals surface area contributed by atoms with Crippen LogP contribution in [0.15, 0.2) is 66.1 Å². The minimum atomic E-state index is -0.303. The van der Waals surface area contributed by atoms with E-state index in [1.54, 1.807) is 54.6 Å². The van der Waals surface area contributed by atoms with E-state index in [9.17, 15) is 9.59 Å². The van der Waals surface area contributed by atoms with E-state index >= 15 is 0 Å². The van der Waals surface area contributed by atoms with E-state index in [-0.39, 0.29) is 18.4 Å². The molecule has 0 aliphatic carbocycles. The third kappa shape index (κ3) is 5.69. The van der Waals surface area contributed by atoms with E-state index in [0.29, 0.717) is 32.2 Å². The lowest BCUT2D eigenvalue weighted by Crippen LogP contribution is -2.27. The quantitative estimate of drug-likeness (QED) is 0.379. The molecular weight excluding hydrogens is 428 g/mol. The Morgan fingerprint density at radius 1 is 1.28 bits per heavy atom. The summed E-state index contributed by atoms with van der Waals surface area (Å²) in [5, 5.41) is 3.25. The number of nitrogens with zero attached hydrogens (tertiary/aromatic N) is 1. The molecule has 1 aliphatic rings. The number of thioether (sulfide) groups is 1. The number of rotatable bonds is 7. The van der Waals surface area contributed by atoms with Crippen molar-refractivity contribution in [2.24, 2.45) is 0 Å². The normalized spacial score (nSPS) is 14.9. The molecule has 1 heterocycles. The van der Waals surface area contributed by atoms with Crippen LogP contribution in [-0.4, -0.2) is 34.2 Å². The minimum absolute atomic E-state index is 0.146. The third-order valence-electron chi connectivity index (χ3n) is 3.82. The van der Waals surface area contributed by atoms with E-state index < -0.39 is 0 Å². The predicted octanol–water partition coefficient (Wildman–Crippen LogP) is 4.74. The molecule has 2 aromatic rings. The molecule has 3 rings (SSSR count). The van der Waals surface area contributed by atoms with Crippen LogP contribution in [-0.2, 0) is 9.59 Å². The van der Waals surface area contributed by atoms with Gasteiger partial charge in [-0.1, -0.05) is 59.9 Å². The first-order chi connectivity index (χ1) is 14.0. The number of amides is 2. The number of anilines is 1. The zero-order chi connectivity index (χ0) is 20.8. The first-order valence-corrected chi connectivity index (χ1v) is 10.2. The van der Waals surface area contributed by atoms with Crippen LogP contribution in [0, 0.1) is 0 Å². The largest absolute Gasteiger partial charge is 0.484 e. The second kappa shape index (κ2) is 9.73. The van der Waals surface area contributed by atoms with Crippen molar-refractivity contribution in [3.05, 3.63) is 76.7 Å². The number of halogens is 1. The van der Waals surface area contributed by atoms with Crippen LogP contribution in [0.4, 0.5) is 5.69 Å². The highest BCUT2D eigenvalue weighted by atomic mass is 35.5. The number of hydrogen-bond donors (Lipinski definition) is 1. The molecule has 8 heteroatoms. The molecule has 2 amide bonds. The summed E-state index contributed by atoms with van der Waals surface area (Å²) in [6.45, 7) is 3.87. The number of carbonyl (C=O) groups excluding carboxylic acids is 2. The van der Waals surface area contributed by atoms with Crippen molar-refractivity contribution in [1.82, 2.24) is 4.90 Å². The second-order valence-corrected chi connectivity index (χ2v) is 8.11. The number of benzene rings is 2. The maximum atomic E-state index is 12.4. The van der Waals surface area contributed by atoms with Crippen LogP contribution >= 0.6 is 35.6 Å². The SMILES string of the molecule is C=CCN1C(=O)/C(=C/c2cccc(OCC(=O)Nc3cccc(Cl)c3)c2)SC1=S. The van der Waals surface area contributed by atoms with Gasteiger partial charge in [-0.2, -0.15) is 0 Å². The van der Waals surface area contributed by atoms with Crippen LogP contribution in [0.1, 0.15) is 5.56 Å². The lowest BCUT2D eigenvalue weighted by atomic mass is 10.2. The molecule has 0 bridgehead atoms. The molecule has 0 aromatic heterocycles. The number of ether oxygens (including phenoxy) is 1. The number of nitrogens with one attached hydrogen (secondary N) is 1. The van der Waals surface area contributed by atoms with Gasteiger partial charge in [0.2, 0.25) is 0 Å². The summed E-state index contributed by atoms with van der Waals surface area (Å²) in [4.78, 5) is 26.5. The van der Waals surface area contributed by atoms with Crippen LogP contribution in [0.3, 0.4) is 0 Å². The molecule has 0 radical (unpaired) electrons. The topological polar surface area (TPSA) is 58.6 Å². The van der Waals surface area contributed by atoms with Crippen molar-refractivity contribution in [3.8, 4) is 5.75 Å². The summed E-state index contributed by atoms with van der Waals surface area (Å²) in [5.74, 6) is 0.0663. The van der Waals surface area contributed by atoms with E-state index in [4.69, 9.17) is 28.6 Å². The standard InChI is InChI=1S/C21H17ClN2O3S2/c1-2-9-24-20(26)18(29-21(24)28)11-14-5-3-8-17(10-14)27-13-19(25)23-16-7-4-6-15(22)12-16/h2-8,10-12H,1,9,13H2,(H,23,25)/b18-11-. The molecule has 0 spiro atoms. The second-order valence-electron chi connectivity index (χ2n) is 6.00. The fourth-order valence-electron chi connectivity index (χ4n) is 2.54. The van der Waals surface area contributed by atoms with Gasteiger partial charge < -0.3 is 10.1 Å². The number of hydrogen-bond acceptors (Lipinski definition) is 5. The molecule has 148 valence electrons. The zero-order valence-corrected chi connectivity index (χ0v) is 17.7. The van der Waals surface area contributed by atoms with Crippen LogP contribution in [0.2, 0.25) is 5.02 Å². The molecule has 1 saturated heterocycles. The Balaban J connectivity index is 1.62. The van der Waals surface area contributed by atoms with Gasteiger partial charge in [-0.15, -0.1) is 6.58 Å². The van der Waals surface area contributed by atoms with E-state index in [1.165, 1.54) is 16.7 Å². The molecule has 0 unspecified atom stereocenters. The van der Waals surface area contributed by atoms with Gasteiger partial charge in [0.25, 0.3) is 11.8 Å². The smallest absolute Gasteiger partial charge is 0.266 e. The van der Waals surface area contributed by atoms with Gasteiger partial charge in [0.15, 0.2) is 6.61 Å². The molecule has 1 N–H and O–H groups in total. The Bertz CT molecular complexity index is 1010. The minimum Gasteiger partial charge on any atom is -0.484 e. The highest BCUT2D eigenvalue weighted by Crippen LogP contribution is 2.32.